The molecule has 2 heterocycles. The van der Waals surface area contributed by atoms with Gasteiger partial charge >= 0.3 is 6.36 Å². The molecular formula is C22H22F3N3O5S. The Morgan fingerprint density at radius 1 is 1.12 bits per heavy atom. The number of hydrogen-bond acceptors (Lipinski definition) is 6. The Kier molecular flexibility index (Phi) is 6.80. The van der Waals surface area contributed by atoms with Crippen LogP contribution in [0, 0.1) is 0 Å². The van der Waals surface area contributed by atoms with E-state index in [1.165, 1.54) is 0 Å². The van der Waals surface area contributed by atoms with E-state index in [0.29, 0.717) is 31.8 Å². The first-order valence-corrected chi connectivity index (χ1v) is 12.1. The standard InChI is InChI=1S/C22H22F3N3O5S/c23-22(24,25)33-16-5-7-17(8-6-16)34(30,31)26-12-9-20(29)28-13-10-15(11-14-28)21-27-18-3-1-2-4-19(18)32-21/h1-8,15,26H,9-14H2. The molecule has 0 bridgehead atoms. The molecule has 1 aliphatic heterocycles. The summed E-state index contributed by atoms with van der Waals surface area (Å²) >= 11 is 0. The lowest BCUT2D eigenvalue weighted by Crippen LogP contribution is -2.39. The number of amides is 1. The quantitative estimate of drug-likeness (QED) is 0.533. The number of carbonyl (C=O) groups is 1. The highest BCUT2D eigenvalue weighted by atomic mass is 32.2. The number of nitrogens with one attached hydrogen (secondary N) is 1. The molecule has 0 spiro atoms. The van der Waals surface area contributed by atoms with E-state index < -0.39 is 22.1 Å². The number of alkyl halides is 3. The van der Waals surface area contributed by atoms with Gasteiger partial charge in [-0.25, -0.2) is 18.1 Å². The summed E-state index contributed by atoms with van der Waals surface area (Å²) in [5, 5.41) is 0. The van der Waals surface area contributed by atoms with E-state index >= 15 is 0 Å². The maximum atomic E-state index is 12.5. The molecule has 0 unspecified atom stereocenters. The number of ether oxygens (including phenoxy) is 1. The molecule has 1 aliphatic rings. The van der Waals surface area contributed by atoms with Crippen LogP contribution in [-0.2, 0) is 14.8 Å². The van der Waals surface area contributed by atoms with Crippen molar-refractivity contribution in [3.63, 3.8) is 0 Å². The second-order valence-electron chi connectivity index (χ2n) is 7.84. The molecule has 0 saturated carbocycles. The lowest BCUT2D eigenvalue weighted by atomic mass is 9.96. The number of halogens is 3. The summed E-state index contributed by atoms with van der Waals surface area (Å²) in [6, 6.07) is 11.3. The Balaban J connectivity index is 1.24. The molecule has 0 atom stereocenters. The Labute approximate surface area is 193 Å². The number of hydrogen-bond donors (Lipinski definition) is 1. The SMILES string of the molecule is O=C(CCNS(=O)(=O)c1ccc(OC(F)(F)F)cc1)N1CCC(c2nc3ccccc3o2)CC1. The fourth-order valence-corrected chi connectivity index (χ4v) is 4.83. The first-order chi connectivity index (χ1) is 16.1. The third-order valence-corrected chi connectivity index (χ3v) is 6.98. The van der Waals surface area contributed by atoms with Gasteiger partial charge in [0.05, 0.1) is 4.90 Å². The van der Waals surface area contributed by atoms with Crippen LogP contribution >= 0.6 is 0 Å². The molecule has 1 aromatic heterocycles. The first-order valence-electron chi connectivity index (χ1n) is 10.6. The number of piperidine rings is 1. The zero-order valence-corrected chi connectivity index (χ0v) is 18.7. The van der Waals surface area contributed by atoms with Crippen LogP contribution in [0.25, 0.3) is 11.1 Å². The fraction of sp³-hybridized carbons (Fsp3) is 0.364. The number of aromatic nitrogens is 1. The third kappa shape index (κ3) is 5.86. The van der Waals surface area contributed by atoms with Crippen molar-refractivity contribution in [1.29, 1.82) is 0 Å². The summed E-state index contributed by atoms with van der Waals surface area (Å²) in [5.74, 6) is 0.0579. The molecule has 2 aromatic carbocycles. The average molecular weight is 497 g/mol. The van der Waals surface area contributed by atoms with Crippen LogP contribution in [0.5, 0.6) is 5.75 Å². The maximum absolute atomic E-state index is 12.5. The van der Waals surface area contributed by atoms with Gasteiger partial charge in [0.25, 0.3) is 0 Å². The topological polar surface area (TPSA) is 102 Å². The molecule has 12 heteroatoms. The van der Waals surface area contributed by atoms with Gasteiger partial charge in [0.15, 0.2) is 11.5 Å². The zero-order valence-electron chi connectivity index (χ0n) is 17.9. The van der Waals surface area contributed by atoms with Crippen LogP contribution in [0.3, 0.4) is 0 Å². The van der Waals surface area contributed by atoms with Crippen LogP contribution in [0.15, 0.2) is 57.8 Å². The number of sulfonamides is 1. The van der Waals surface area contributed by atoms with Crippen molar-refractivity contribution in [3.05, 3.63) is 54.4 Å². The van der Waals surface area contributed by atoms with Crippen LogP contribution in [0.4, 0.5) is 13.2 Å². The highest BCUT2D eigenvalue weighted by molar-refractivity contribution is 7.89. The number of benzene rings is 2. The van der Waals surface area contributed by atoms with Gasteiger partial charge in [0.2, 0.25) is 15.9 Å². The number of para-hydroxylation sites is 2. The third-order valence-electron chi connectivity index (χ3n) is 5.51. The van der Waals surface area contributed by atoms with E-state index in [-0.39, 0.29) is 29.7 Å². The van der Waals surface area contributed by atoms with Crippen molar-refractivity contribution in [1.82, 2.24) is 14.6 Å². The number of oxazole rings is 1. The molecule has 0 aliphatic carbocycles. The van der Waals surface area contributed by atoms with E-state index in [1.807, 2.05) is 24.3 Å². The summed E-state index contributed by atoms with van der Waals surface area (Å²) in [4.78, 5) is 18.5. The second kappa shape index (κ2) is 9.63. The van der Waals surface area contributed by atoms with Crippen molar-refractivity contribution < 1.29 is 35.5 Å². The Bertz CT molecular complexity index is 1220. The van der Waals surface area contributed by atoms with Gasteiger partial charge in [0, 0.05) is 32.0 Å². The Hall–Kier alpha value is -3.12. The first kappa shape index (κ1) is 24.0. The van der Waals surface area contributed by atoms with Gasteiger partial charge in [-0.2, -0.15) is 0 Å². The second-order valence-corrected chi connectivity index (χ2v) is 9.61. The average Bonchev–Trinajstić information content (AvgIpc) is 3.23. The molecule has 1 N–H and O–H groups in total. The predicted octanol–water partition coefficient (Wildman–Crippen LogP) is 3.80. The van der Waals surface area contributed by atoms with Crippen LogP contribution in [0.1, 0.15) is 31.1 Å². The normalized spacial score (nSPS) is 15.6. The summed E-state index contributed by atoms with van der Waals surface area (Å²) in [6.07, 6.45) is -3.52. The monoisotopic (exact) mass is 497 g/mol. The maximum Gasteiger partial charge on any atom is 0.573 e. The lowest BCUT2D eigenvalue weighted by Gasteiger charge is -2.30. The largest absolute Gasteiger partial charge is 0.573 e. The highest BCUT2D eigenvalue weighted by Gasteiger charge is 2.31. The lowest BCUT2D eigenvalue weighted by molar-refractivity contribution is -0.274. The fourth-order valence-electron chi connectivity index (χ4n) is 3.79. The smallest absolute Gasteiger partial charge is 0.440 e. The molecule has 34 heavy (non-hydrogen) atoms. The van der Waals surface area contributed by atoms with Crippen molar-refractivity contribution in [2.75, 3.05) is 19.6 Å². The van der Waals surface area contributed by atoms with Gasteiger partial charge in [-0.1, -0.05) is 12.1 Å². The van der Waals surface area contributed by atoms with Crippen LogP contribution < -0.4 is 9.46 Å². The summed E-state index contributed by atoms with van der Waals surface area (Å²) in [6.45, 7) is 0.887. The van der Waals surface area contributed by atoms with E-state index in [9.17, 15) is 26.4 Å². The van der Waals surface area contributed by atoms with Crippen molar-refractivity contribution in [3.8, 4) is 5.75 Å². The van der Waals surface area contributed by atoms with E-state index in [0.717, 1.165) is 35.4 Å². The number of carbonyl (C=O) groups excluding carboxylic acids is 1. The molecule has 0 radical (unpaired) electrons. The van der Waals surface area contributed by atoms with Gasteiger partial charge in [-0.3, -0.25) is 4.79 Å². The number of rotatable bonds is 7. The van der Waals surface area contributed by atoms with Gasteiger partial charge in [-0.15, -0.1) is 13.2 Å². The molecule has 8 nitrogen and oxygen atoms in total. The van der Waals surface area contributed by atoms with E-state index in [4.69, 9.17) is 4.42 Å². The minimum absolute atomic E-state index is 0.0396. The van der Waals surface area contributed by atoms with Gasteiger partial charge in [-0.05, 0) is 49.2 Å². The summed E-state index contributed by atoms with van der Waals surface area (Å²) in [7, 11) is -3.98. The van der Waals surface area contributed by atoms with Crippen LogP contribution in [-0.4, -0.2) is 50.2 Å². The van der Waals surface area contributed by atoms with Crippen molar-refractivity contribution in [2.45, 2.75) is 36.4 Å². The van der Waals surface area contributed by atoms with Crippen molar-refractivity contribution >= 4 is 27.0 Å². The van der Waals surface area contributed by atoms with E-state index in [1.54, 1.807) is 4.90 Å². The zero-order chi connectivity index (χ0) is 24.3. The number of nitrogens with zero attached hydrogens (tertiary/aromatic N) is 2. The minimum atomic E-state index is -4.87. The number of likely N-dealkylation sites (tertiary alicyclic amines) is 1. The molecule has 182 valence electrons. The molecular weight excluding hydrogens is 475 g/mol. The van der Waals surface area contributed by atoms with Crippen molar-refractivity contribution in [2.24, 2.45) is 0 Å². The Morgan fingerprint density at radius 2 is 1.79 bits per heavy atom. The molecule has 3 aromatic rings. The van der Waals surface area contributed by atoms with Crippen LogP contribution in [0.2, 0.25) is 0 Å². The van der Waals surface area contributed by atoms with Gasteiger partial charge < -0.3 is 14.1 Å². The molecule has 1 amide bonds. The molecule has 4 rings (SSSR count). The molecule has 1 fully saturated rings. The summed E-state index contributed by atoms with van der Waals surface area (Å²) in [5.41, 5.74) is 1.52. The van der Waals surface area contributed by atoms with E-state index in [2.05, 4.69) is 14.4 Å². The Morgan fingerprint density at radius 3 is 2.44 bits per heavy atom. The highest BCUT2D eigenvalue weighted by Crippen LogP contribution is 2.30. The predicted molar refractivity (Wildman–Crippen MR) is 115 cm³/mol. The summed E-state index contributed by atoms with van der Waals surface area (Å²) < 4.78 is 73.2. The minimum Gasteiger partial charge on any atom is -0.440 e. The van der Waals surface area contributed by atoms with Gasteiger partial charge in [0.1, 0.15) is 11.3 Å². The molecule has 1 saturated heterocycles. The number of fused-ring (bicyclic) bond motifs is 1.